The molecule has 0 unspecified atom stereocenters. The third-order valence-electron chi connectivity index (χ3n) is 2.55. The van der Waals surface area contributed by atoms with Gasteiger partial charge in [0.2, 0.25) is 0 Å². The standard InChI is InChI=1S/C13H21NO/c1-4-11-5-7-12(8-6-11)9-15-13(2,3)10-14/h5-8H,4,9-10,14H2,1-3H3. The highest BCUT2D eigenvalue weighted by Gasteiger charge is 2.15. The Morgan fingerprint density at radius 1 is 1.13 bits per heavy atom. The van der Waals surface area contributed by atoms with E-state index in [0.29, 0.717) is 13.2 Å². The quantitative estimate of drug-likeness (QED) is 0.805. The van der Waals surface area contributed by atoms with E-state index in [0.717, 1.165) is 6.42 Å². The minimum Gasteiger partial charge on any atom is -0.370 e. The lowest BCUT2D eigenvalue weighted by Crippen LogP contribution is -2.33. The summed E-state index contributed by atoms with van der Waals surface area (Å²) < 4.78 is 5.71. The zero-order valence-electron chi connectivity index (χ0n) is 9.92. The van der Waals surface area contributed by atoms with Crippen LogP contribution in [0.15, 0.2) is 24.3 Å². The Balaban J connectivity index is 2.51. The molecule has 0 aliphatic carbocycles. The van der Waals surface area contributed by atoms with Crippen LogP contribution in [-0.2, 0) is 17.8 Å². The fourth-order valence-electron chi connectivity index (χ4n) is 1.21. The van der Waals surface area contributed by atoms with Crippen LogP contribution < -0.4 is 5.73 Å². The predicted octanol–water partition coefficient (Wildman–Crippen LogP) is 2.50. The Hall–Kier alpha value is -0.860. The van der Waals surface area contributed by atoms with Crippen LogP contribution in [-0.4, -0.2) is 12.1 Å². The minimum atomic E-state index is -0.233. The van der Waals surface area contributed by atoms with E-state index in [1.165, 1.54) is 11.1 Å². The molecular weight excluding hydrogens is 186 g/mol. The molecule has 1 aromatic rings. The van der Waals surface area contributed by atoms with Gasteiger partial charge in [0.15, 0.2) is 0 Å². The number of rotatable bonds is 5. The average Bonchev–Trinajstić information content (AvgIpc) is 2.27. The third kappa shape index (κ3) is 4.02. The van der Waals surface area contributed by atoms with Crippen molar-refractivity contribution in [1.82, 2.24) is 0 Å². The predicted molar refractivity (Wildman–Crippen MR) is 63.7 cm³/mol. The zero-order chi connectivity index (χ0) is 11.3. The van der Waals surface area contributed by atoms with Crippen LogP contribution in [0.3, 0.4) is 0 Å². The lowest BCUT2D eigenvalue weighted by Gasteiger charge is -2.23. The fraction of sp³-hybridized carbons (Fsp3) is 0.538. The average molecular weight is 207 g/mol. The van der Waals surface area contributed by atoms with Gasteiger partial charge in [-0.05, 0) is 31.4 Å². The Morgan fingerprint density at radius 2 is 1.67 bits per heavy atom. The number of hydrogen-bond acceptors (Lipinski definition) is 2. The summed E-state index contributed by atoms with van der Waals surface area (Å²) in [5.74, 6) is 0. The van der Waals surface area contributed by atoms with Gasteiger partial charge in [-0.3, -0.25) is 0 Å². The van der Waals surface area contributed by atoms with Gasteiger partial charge in [0.25, 0.3) is 0 Å². The molecule has 2 N–H and O–H groups in total. The molecule has 2 nitrogen and oxygen atoms in total. The number of hydrogen-bond donors (Lipinski definition) is 1. The maximum atomic E-state index is 5.71. The summed E-state index contributed by atoms with van der Waals surface area (Å²) in [7, 11) is 0. The Kier molecular flexibility index (Phi) is 4.30. The first kappa shape index (κ1) is 12.2. The molecule has 1 rings (SSSR count). The summed E-state index contributed by atoms with van der Waals surface area (Å²) in [4.78, 5) is 0. The first-order valence-electron chi connectivity index (χ1n) is 5.49. The smallest absolute Gasteiger partial charge is 0.0752 e. The van der Waals surface area contributed by atoms with E-state index in [2.05, 4.69) is 31.2 Å². The maximum absolute atomic E-state index is 5.71. The van der Waals surface area contributed by atoms with E-state index in [1.54, 1.807) is 0 Å². The third-order valence-corrected chi connectivity index (χ3v) is 2.55. The highest BCUT2D eigenvalue weighted by molar-refractivity contribution is 5.21. The van der Waals surface area contributed by atoms with Crippen molar-refractivity contribution >= 4 is 0 Å². The van der Waals surface area contributed by atoms with Gasteiger partial charge in [0, 0.05) is 6.54 Å². The molecule has 0 saturated carbocycles. The van der Waals surface area contributed by atoms with Gasteiger partial charge < -0.3 is 10.5 Å². The van der Waals surface area contributed by atoms with E-state index < -0.39 is 0 Å². The highest BCUT2D eigenvalue weighted by atomic mass is 16.5. The molecule has 84 valence electrons. The van der Waals surface area contributed by atoms with Crippen molar-refractivity contribution in [1.29, 1.82) is 0 Å². The first-order chi connectivity index (χ1) is 7.07. The maximum Gasteiger partial charge on any atom is 0.0752 e. The summed E-state index contributed by atoms with van der Waals surface area (Å²) in [6.07, 6.45) is 1.08. The van der Waals surface area contributed by atoms with Crippen LogP contribution >= 0.6 is 0 Å². The first-order valence-corrected chi connectivity index (χ1v) is 5.49. The van der Waals surface area contributed by atoms with E-state index >= 15 is 0 Å². The molecule has 0 radical (unpaired) electrons. The molecule has 0 spiro atoms. The van der Waals surface area contributed by atoms with Crippen molar-refractivity contribution < 1.29 is 4.74 Å². The molecule has 2 heteroatoms. The summed E-state index contributed by atoms with van der Waals surface area (Å²) in [5.41, 5.74) is 7.92. The fourth-order valence-corrected chi connectivity index (χ4v) is 1.21. The molecule has 0 aliphatic rings. The van der Waals surface area contributed by atoms with Crippen LogP contribution in [0.2, 0.25) is 0 Å². The molecule has 0 aromatic heterocycles. The molecule has 0 fully saturated rings. The molecule has 0 aliphatic heterocycles. The summed E-state index contributed by atoms with van der Waals surface area (Å²) >= 11 is 0. The molecule has 15 heavy (non-hydrogen) atoms. The van der Waals surface area contributed by atoms with Gasteiger partial charge in [0.05, 0.1) is 12.2 Å². The summed E-state index contributed by atoms with van der Waals surface area (Å²) in [6, 6.07) is 8.53. The van der Waals surface area contributed by atoms with E-state index in [1.807, 2.05) is 13.8 Å². The van der Waals surface area contributed by atoms with Crippen LogP contribution in [0, 0.1) is 0 Å². The second-order valence-corrected chi connectivity index (χ2v) is 4.42. The number of ether oxygens (including phenoxy) is 1. The van der Waals surface area contributed by atoms with Crippen molar-refractivity contribution in [2.24, 2.45) is 5.73 Å². The number of aryl methyl sites for hydroxylation is 1. The van der Waals surface area contributed by atoms with Gasteiger partial charge in [-0.25, -0.2) is 0 Å². The largest absolute Gasteiger partial charge is 0.370 e. The van der Waals surface area contributed by atoms with Crippen LogP contribution in [0.1, 0.15) is 31.9 Å². The normalized spacial score (nSPS) is 11.7. The molecular formula is C13H21NO. The minimum absolute atomic E-state index is 0.233. The summed E-state index contributed by atoms with van der Waals surface area (Å²) in [5, 5.41) is 0. The van der Waals surface area contributed by atoms with Crippen molar-refractivity contribution in [3.8, 4) is 0 Å². The topological polar surface area (TPSA) is 35.2 Å². The lowest BCUT2D eigenvalue weighted by atomic mass is 10.1. The number of nitrogens with two attached hydrogens (primary N) is 1. The molecule has 0 amide bonds. The van der Waals surface area contributed by atoms with E-state index in [9.17, 15) is 0 Å². The molecule has 0 heterocycles. The van der Waals surface area contributed by atoms with Gasteiger partial charge >= 0.3 is 0 Å². The molecule has 0 atom stereocenters. The highest BCUT2D eigenvalue weighted by Crippen LogP contribution is 2.12. The van der Waals surface area contributed by atoms with Crippen molar-refractivity contribution in [3.05, 3.63) is 35.4 Å². The molecule has 0 bridgehead atoms. The monoisotopic (exact) mass is 207 g/mol. The van der Waals surface area contributed by atoms with Gasteiger partial charge in [0.1, 0.15) is 0 Å². The van der Waals surface area contributed by atoms with Gasteiger partial charge in [-0.15, -0.1) is 0 Å². The van der Waals surface area contributed by atoms with E-state index in [4.69, 9.17) is 10.5 Å². The van der Waals surface area contributed by atoms with E-state index in [-0.39, 0.29) is 5.60 Å². The molecule has 1 aromatic carbocycles. The second-order valence-electron chi connectivity index (χ2n) is 4.42. The second kappa shape index (κ2) is 5.29. The summed E-state index contributed by atoms with van der Waals surface area (Å²) in [6.45, 7) is 7.35. The number of benzene rings is 1. The zero-order valence-corrected chi connectivity index (χ0v) is 9.92. The van der Waals surface area contributed by atoms with Crippen LogP contribution in [0.4, 0.5) is 0 Å². The van der Waals surface area contributed by atoms with Crippen LogP contribution in [0.5, 0.6) is 0 Å². The van der Waals surface area contributed by atoms with Crippen molar-refractivity contribution in [2.45, 2.75) is 39.4 Å². The van der Waals surface area contributed by atoms with Gasteiger partial charge in [-0.2, -0.15) is 0 Å². The Labute approximate surface area is 92.4 Å². The Morgan fingerprint density at radius 3 is 2.13 bits per heavy atom. The van der Waals surface area contributed by atoms with Crippen molar-refractivity contribution in [2.75, 3.05) is 6.54 Å². The molecule has 0 saturated heterocycles. The lowest BCUT2D eigenvalue weighted by molar-refractivity contribution is -0.0221. The SMILES string of the molecule is CCc1ccc(COC(C)(C)CN)cc1. The van der Waals surface area contributed by atoms with Crippen LogP contribution in [0.25, 0.3) is 0 Å². The van der Waals surface area contributed by atoms with Crippen molar-refractivity contribution in [3.63, 3.8) is 0 Å². The van der Waals surface area contributed by atoms with Gasteiger partial charge in [-0.1, -0.05) is 31.2 Å². The Bertz CT molecular complexity index is 290.